The van der Waals surface area contributed by atoms with Crippen LogP contribution in [0.3, 0.4) is 0 Å². The zero-order valence-electron chi connectivity index (χ0n) is 15.8. The molecule has 1 aromatic carbocycles. The number of benzene rings is 1. The zero-order valence-corrected chi connectivity index (χ0v) is 17.5. The minimum absolute atomic E-state index is 0.509. The molecule has 0 bridgehead atoms. The van der Waals surface area contributed by atoms with E-state index in [0.29, 0.717) is 6.04 Å². The van der Waals surface area contributed by atoms with E-state index in [-0.39, 0.29) is 0 Å². The maximum Gasteiger partial charge on any atom is 0.197 e. The maximum absolute atomic E-state index is 4.91. The molecule has 144 valence electrons. The van der Waals surface area contributed by atoms with Gasteiger partial charge in [0.1, 0.15) is 10.9 Å². The van der Waals surface area contributed by atoms with E-state index in [1.807, 2.05) is 29.6 Å². The Morgan fingerprint density at radius 2 is 2.03 bits per heavy atom. The van der Waals surface area contributed by atoms with Crippen LogP contribution in [-0.4, -0.2) is 29.4 Å². The van der Waals surface area contributed by atoms with Crippen LogP contribution in [0.2, 0.25) is 0 Å². The number of para-hydroxylation sites is 1. The molecule has 0 unspecified atom stereocenters. The molecule has 0 amide bonds. The molecule has 1 aliphatic rings. The maximum atomic E-state index is 4.91. The Hall–Kier alpha value is -2.71. The quantitative estimate of drug-likeness (QED) is 0.379. The predicted molar refractivity (Wildman–Crippen MR) is 115 cm³/mol. The number of fused-ring (bicyclic) bond motifs is 3. The summed E-state index contributed by atoms with van der Waals surface area (Å²) in [7, 11) is 0. The average Bonchev–Trinajstić information content (AvgIpc) is 3.11. The predicted octanol–water partition coefficient (Wildman–Crippen LogP) is 4.92. The first-order valence-electron chi connectivity index (χ1n) is 9.65. The Labute approximate surface area is 175 Å². The summed E-state index contributed by atoms with van der Waals surface area (Å²) in [5.41, 5.74) is 2.88. The van der Waals surface area contributed by atoms with Crippen LogP contribution >= 0.6 is 23.1 Å². The molecule has 8 heteroatoms. The van der Waals surface area contributed by atoms with Gasteiger partial charge >= 0.3 is 0 Å². The number of nitrogens with zero attached hydrogens (tertiary/aromatic N) is 6. The molecular weight excluding hydrogens is 400 g/mol. The molecule has 0 radical (unpaired) electrons. The minimum Gasteiger partial charge on any atom is -0.302 e. The van der Waals surface area contributed by atoms with Gasteiger partial charge in [-0.1, -0.05) is 24.3 Å². The molecule has 0 spiro atoms. The highest BCUT2D eigenvalue weighted by molar-refractivity contribution is 7.99. The first kappa shape index (κ1) is 17.2. The van der Waals surface area contributed by atoms with E-state index in [1.54, 1.807) is 23.1 Å². The highest BCUT2D eigenvalue weighted by atomic mass is 32.2. The van der Waals surface area contributed by atoms with Crippen molar-refractivity contribution >= 4 is 39.6 Å². The molecule has 0 aliphatic heterocycles. The lowest BCUT2D eigenvalue weighted by atomic mass is 10.2. The van der Waals surface area contributed by atoms with Crippen molar-refractivity contribution in [1.29, 1.82) is 0 Å². The third-order valence-corrected chi connectivity index (χ3v) is 6.98. The Kier molecular flexibility index (Phi) is 3.95. The summed E-state index contributed by atoms with van der Waals surface area (Å²) in [5, 5.41) is 18.8. The fourth-order valence-corrected chi connectivity index (χ4v) is 5.41. The van der Waals surface area contributed by atoms with Gasteiger partial charge in [0, 0.05) is 28.8 Å². The van der Waals surface area contributed by atoms with Gasteiger partial charge in [0.2, 0.25) is 0 Å². The molecule has 5 aromatic rings. The Bertz CT molecular complexity index is 1330. The van der Waals surface area contributed by atoms with Crippen LogP contribution in [0.15, 0.2) is 58.0 Å². The van der Waals surface area contributed by atoms with E-state index in [0.717, 1.165) is 44.7 Å². The second-order valence-electron chi connectivity index (χ2n) is 7.35. The molecule has 29 heavy (non-hydrogen) atoms. The Morgan fingerprint density at radius 3 is 2.86 bits per heavy atom. The molecule has 0 saturated heterocycles. The fourth-order valence-electron chi connectivity index (χ4n) is 3.68. The van der Waals surface area contributed by atoms with Crippen LogP contribution < -0.4 is 0 Å². The van der Waals surface area contributed by atoms with Crippen LogP contribution in [0.25, 0.3) is 16.6 Å². The first-order chi connectivity index (χ1) is 14.3. The largest absolute Gasteiger partial charge is 0.302 e. The molecule has 1 fully saturated rings. The molecule has 4 heterocycles. The van der Waals surface area contributed by atoms with Crippen LogP contribution in [0.5, 0.6) is 0 Å². The number of aryl methyl sites for hydroxylation is 1. The van der Waals surface area contributed by atoms with Crippen molar-refractivity contribution in [2.45, 2.75) is 42.4 Å². The first-order valence-corrected chi connectivity index (χ1v) is 11.3. The normalized spacial score (nSPS) is 14.2. The second kappa shape index (κ2) is 6.67. The highest BCUT2D eigenvalue weighted by Crippen LogP contribution is 2.41. The van der Waals surface area contributed by atoms with Crippen molar-refractivity contribution in [3.8, 4) is 0 Å². The summed E-state index contributed by atoms with van der Waals surface area (Å²) in [6, 6.07) is 15.1. The van der Waals surface area contributed by atoms with E-state index in [9.17, 15) is 0 Å². The summed E-state index contributed by atoms with van der Waals surface area (Å²) >= 11 is 3.38. The van der Waals surface area contributed by atoms with Gasteiger partial charge in [0.05, 0.1) is 11.2 Å². The lowest BCUT2D eigenvalue weighted by molar-refractivity contribution is 0.635. The lowest BCUT2D eigenvalue weighted by Crippen LogP contribution is -2.04. The van der Waals surface area contributed by atoms with Crippen molar-refractivity contribution in [2.24, 2.45) is 0 Å². The fraction of sp³-hybridized carbons (Fsp3) is 0.238. The topological polar surface area (TPSA) is 60.9 Å². The van der Waals surface area contributed by atoms with E-state index < -0.39 is 0 Å². The number of hydrogen-bond acceptors (Lipinski definition) is 6. The third kappa shape index (κ3) is 3.03. The second-order valence-corrected chi connectivity index (χ2v) is 9.34. The van der Waals surface area contributed by atoms with Crippen LogP contribution in [0, 0.1) is 6.92 Å². The highest BCUT2D eigenvalue weighted by Gasteiger charge is 2.30. The molecule has 0 N–H and O–H groups in total. The number of aromatic nitrogens is 6. The van der Waals surface area contributed by atoms with Crippen LogP contribution in [0.1, 0.15) is 35.3 Å². The van der Waals surface area contributed by atoms with Crippen molar-refractivity contribution in [3.05, 3.63) is 64.2 Å². The SMILES string of the molecule is Cc1cc2nc(Sc3nnc(Cc4cccs4)n3C3CC3)c3ccccc3n2n1. The summed E-state index contributed by atoms with van der Waals surface area (Å²) in [5.74, 6) is 1.04. The van der Waals surface area contributed by atoms with E-state index >= 15 is 0 Å². The molecule has 0 atom stereocenters. The van der Waals surface area contributed by atoms with Crippen LogP contribution in [-0.2, 0) is 6.42 Å². The van der Waals surface area contributed by atoms with Gasteiger partial charge in [0.15, 0.2) is 10.8 Å². The van der Waals surface area contributed by atoms with Crippen molar-refractivity contribution in [2.75, 3.05) is 0 Å². The molecule has 4 aromatic heterocycles. The summed E-state index contributed by atoms with van der Waals surface area (Å²) in [6.45, 7) is 2.00. The van der Waals surface area contributed by atoms with Gasteiger partial charge in [-0.2, -0.15) is 5.10 Å². The minimum atomic E-state index is 0.509. The molecule has 1 saturated carbocycles. The van der Waals surface area contributed by atoms with E-state index in [1.165, 1.54) is 17.7 Å². The summed E-state index contributed by atoms with van der Waals surface area (Å²) in [6.07, 6.45) is 3.22. The Morgan fingerprint density at radius 1 is 1.14 bits per heavy atom. The molecular formula is C21H18N6S2. The lowest BCUT2D eigenvalue weighted by Gasteiger charge is -2.10. The number of thiophene rings is 1. The smallest absolute Gasteiger partial charge is 0.197 e. The molecule has 1 aliphatic carbocycles. The number of rotatable bonds is 5. The van der Waals surface area contributed by atoms with Crippen molar-refractivity contribution in [3.63, 3.8) is 0 Å². The van der Waals surface area contributed by atoms with Crippen molar-refractivity contribution in [1.82, 2.24) is 29.4 Å². The zero-order chi connectivity index (χ0) is 19.4. The van der Waals surface area contributed by atoms with Gasteiger partial charge in [-0.3, -0.25) is 0 Å². The Balaban J connectivity index is 1.46. The van der Waals surface area contributed by atoms with E-state index in [2.05, 4.69) is 49.5 Å². The molecule has 6 rings (SSSR count). The molecule has 6 nitrogen and oxygen atoms in total. The van der Waals surface area contributed by atoms with Crippen molar-refractivity contribution < 1.29 is 0 Å². The van der Waals surface area contributed by atoms with Gasteiger partial charge in [0.25, 0.3) is 0 Å². The van der Waals surface area contributed by atoms with Crippen LogP contribution in [0.4, 0.5) is 0 Å². The van der Waals surface area contributed by atoms with Gasteiger partial charge in [-0.05, 0) is 49.0 Å². The van der Waals surface area contributed by atoms with Gasteiger partial charge in [-0.25, -0.2) is 9.50 Å². The summed E-state index contributed by atoms with van der Waals surface area (Å²) < 4.78 is 4.25. The monoisotopic (exact) mass is 418 g/mol. The van der Waals surface area contributed by atoms with Gasteiger partial charge in [-0.15, -0.1) is 21.5 Å². The average molecular weight is 419 g/mol. The van der Waals surface area contributed by atoms with E-state index in [4.69, 9.17) is 4.98 Å². The number of hydrogen-bond donors (Lipinski definition) is 0. The van der Waals surface area contributed by atoms with Gasteiger partial charge < -0.3 is 4.57 Å². The standard InChI is InChI=1S/C21H18N6S2/c1-13-11-18-22-20(16-6-2-3-7-17(16)27(18)25-13)29-21-24-23-19(26(21)14-8-9-14)12-15-5-4-10-28-15/h2-7,10-11,14H,8-9,12H2,1H3. The third-order valence-electron chi connectivity index (χ3n) is 5.14. The summed E-state index contributed by atoms with van der Waals surface area (Å²) in [4.78, 5) is 6.23.